The molecule has 25 heavy (non-hydrogen) atoms. The molecular formula is C18H20ClNO4S. The third-order valence-corrected chi connectivity index (χ3v) is 5.04. The average Bonchev–Trinajstić information content (AvgIpc) is 2.56. The van der Waals surface area contributed by atoms with Gasteiger partial charge in [-0.2, -0.15) is 0 Å². The summed E-state index contributed by atoms with van der Waals surface area (Å²) < 4.78 is 28.5. The number of nitrogens with one attached hydrogen (secondary N) is 1. The quantitative estimate of drug-likeness (QED) is 0.832. The number of rotatable bonds is 6. The predicted molar refractivity (Wildman–Crippen MR) is 97.7 cm³/mol. The van der Waals surface area contributed by atoms with Gasteiger partial charge in [-0.05, 0) is 55.8 Å². The number of carbonyl (C=O) groups is 1. The Hall–Kier alpha value is -2.05. The van der Waals surface area contributed by atoms with Crippen molar-refractivity contribution in [3.05, 3.63) is 59.1 Å². The molecule has 134 valence electrons. The highest BCUT2D eigenvalue weighted by Crippen LogP contribution is 2.18. The van der Waals surface area contributed by atoms with Crippen molar-refractivity contribution in [2.75, 3.05) is 6.26 Å². The summed E-state index contributed by atoms with van der Waals surface area (Å²) in [4.78, 5) is 12.5. The van der Waals surface area contributed by atoms with Gasteiger partial charge in [0.15, 0.2) is 15.9 Å². The molecule has 1 amide bonds. The number of halogens is 1. The van der Waals surface area contributed by atoms with Crippen LogP contribution in [-0.2, 0) is 14.6 Å². The Morgan fingerprint density at radius 1 is 1.04 bits per heavy atom. The monoisotopic (exact) mass is 381 g/mol. The molecule has 0 saturated heterocycles. The second-order valence-corrected chi connectivity index (χ2v) is 8.24. The summed E-state index contributed by atoms with van der Waals surface area (Å²) in [6.45, 7) is 3.48. The second kappa shape index (κ2) is 7.89. The van der Waals surface area contributed by atoms with Crippen LogP contribution in [0, 0.1) is 0 Å². The fourth-order valence-electron chi connectivity index (χ4n) is 2.19. The van der Waals surface area contributed by atoms with Gasteiger partial charge in [0, 0.05) is 11.3 Å². The summed E-state index contributed by atoms with van der Waals surface area (Å²) in [5, 5.41) is 3.44. The van der Waals surface area contributed by atoms with Gasteiger partial charge in [-0.15, -0.1) is 0 Å². The molecule has 0 aromatic heterocycles. The fourth-order valence-corrected chi connectivity index (χ4v) is 2.95. The molecule has 5 nitrogen and oxygen atoms in total. The molecule has 0 heterocycles. The Morgan fingerprint density at radius 3 is 2.12 bits per heavy atom. The van der Waals surface area contributed by atoms with E-state index in [4.69, 9.17) is 16.3 Å². The highest BCUT2D eigenvalue weighted by Gasteiger charge is 2.18. The third-order valence-electron chi connectivity index (χ3n) is 3.66. The molecule has 0 aliphatic carbocycles. The van der Waals surface area contributed by atoms with Crippen molar-refractivity contribution in [2.45, 2.75) is 30.9 Å². The Morgan fingerprint density at radius 2 is 1.60 bits per heavy atom. The van der Waals surface area contributed by atoms with Crippen molar-refractivity contribution in [3.63, 3.8) is 0 Å². The fraction of sp³-hybridized carbons (Fsp3) is 0.278. The summed E-state index contributed by atoms with van der Waals surface area (Å²) in [6, 6.07) is 12.9. The van der Waals surface area contributed by atoms with Gasteiger partial charge in [-0.3, -0.25) is 4.79 Å². The van der Waals surface area contributed by atoms with Crippen LogP contribution >= 0.6 is 11.6 Å². The predicted octanol–water partition coefficient (Wildman–Crippen LogP) is 3.39. The minimum Gasteiger partial charge on any atom is -0.481 e. The highest BCUT2D eigenvalue weighted by molar-refractivity contribution is 7.90. The molecule has 1 N–H and O–H groups in total. The molecular weight excluding hydrogens is 362 g/mol. The first-order chi connectivity index (χ1) is 11.7. The van der Waals surface area contributed by atoms with Gasteiger partial charge in [0.05, 0.1) is 10.9 Å². The number of amides is 1. The topological polar surface area (TPSA) is 72.5 Å². The smallest absolute Gasteiger partial charge is 0.261 e. The molecule has 0 radical (unpaired) electrons. The van der Waals surface area contributed by atoms with E-state index in [1.54, 1.807) is 43.3 Å². The van der Waals surface area contributed by atoms with Crippen LogP contribution in [0.15, 0.2) is 53.4 Å². The van der Waals surface area contributed by atoms with Gasteiger partial charge < -0.3 is 10.1 Å². The lowest BCUT2D eigenvalue weighted by molar-refractivity contribution is -0.127. The van der Waals surface area contributed by atoms with Crippen molar-refractivity contribution < 1.29 is 17.9 Å². The molecule has 7 heteroatoms. The molecule has 0 fully saturated rings. The highest BCUT2D eigenvalue weighted by atomic mass is 35.5. The molecule has 0 aliphatic rings. The molecule has 0 unspecified atom stereocenters. The number of sulfone groups is 1. The van der Waals surface area contributed by atoms with Gasteiger partial charge in [-0.25, -0.2) is 8.42 Å². The van der Waals surface area contributed by atoms with Crippen LogP contribution in [0.3, 0.4) is 0 Å². The van der Waals surface area contributed by atoms with E-state index in [0.29, 0.717) is 10.8 Å². The van der Waals surface area contributed by atoms with Crippen LogP contribution < -0.4 is 10.1 Å². The minimum absolute atomic E-state index is 0.245. The lowest BCUT2D eigenvalue weighted by Crippen LogP contribution is -2.37. The zero-order chi connectivity index (χ0) is 18.6. The van der Waals surface area contributed by atoms with E-state index in [1.807, 2.05) is 6.92 Å². The average molecular weight is 382 g/mol. The molecule has 2 aromatic carbocycles. The van der Waals surface area contributed by atoms with E-state index in [1.165, 1.54) is 12.1 Å². The molecule has 0 saturated carbocycles. The molecule has 2 rings (SSSR count). The van der Waals surface area contributed by atoms with Crippen molar-refractivity contribution in [2.24, 2.45) is 0 Å². The normalized spacial score (nSPS) is 13.8. The van der Waals surface area contributed by atoms with Crippen LogP contribution in [0.5, 0.6) is 5.75 Å². The second-order valence-electron chi connectivity index (χ2n) is 5.79. The van der Waals surface area contributed by atoms with Crippen molar-refractivity contribution in [1.82, 2.24) is 5.32 Å². The maximum Gasteiger partial charge on any atom is 0.261 e. The van der Waals surface area contributed by atoms with Gasteiger partial charge in [0.2, 0.25) is 0 Å². The first-order valence-electron chi connectivity index (χ1n) is 7.69. The number of ether oxygens (including phenoxy) is 1. The van der Waals surface area contributed by atoms with Gasteiger partial charge in [0.1, 0.15) is 5.75 Å². The standard InChI is InChI=1S/C18H20ClNO4S/c1-12(14-4-10-17(11-5-14)25(3,22)23)20-18(21)13(2)24-16-8-6-15(19)7-9-16/h4-13H,1-3H3,(H,20,21)/t12-,13-/m1/s1. The van der Waals surface area contributed by atoms with Crippen molar-refractivity contribution in [3.8, 4) is 5.75 Å². The summed E-state index contributed by atoms with van der Waals surface area (Å²) in [5.74, 6) is 0.284. The van der Waals surface area contributed by atoms with E-state index in [0.717, 1.165) is 11.8 Å². The van der Waals surface area contributed by atoms with Crippen LogP contribution in [0.25, 0.3) is 0 Å². The van der Waals surface area contributed by atoms with Gasteiger partial charge in [0.25, 0.3) is 5.91 Å². The van der Waals surface area contributed by atoms with Crippen LogP contribution in [0.4, 0.5) is 0 Å². The summed E-state index contributed by atoms with van der Waals surface area (Å²) >= 11 is 5.81. The van der Waals surface area contributed by atoms with Gasteiger partial charge in [-0.1, -0.05) is 23.7 Å². The molecule has 0 aliphatic heterocycles. The van der Waals surface area contributed by atoms with E-state index < -0.39 is 15.9 Å². The number of benzene rings is 2. The summed E-state index contributed by atoms with van der Waals surface area (Å²) in [5.41, 5.74) is 0.805. The third kappa shape index (κ3) is 5.47. The number of hydrogen-bond donors (Lipinski definition) is 1. The molecule has 2 aromatic rings. The molecule has 0 spiro atoms. The van der Waals surface area contributed by atoms with Crippen LogP contribution in [0.1, 0.15) is 25.5 Å². The molecule has 0 bridgehead atoms. The lowest BCUT2D eigenvalue weighted by atomic mass is 10.1. The lowest BCUT2D eigenvalue weighted by Gasteiger charge is -2.19. The maximum absolute atomic E-state index is 12.3. The molecule has 2 atom stereocenters. The zero-order valence-electron chi connectivity index (χ0n) is 14.2. The number of carbonyl (C=O) groups excluding carboxylic acids is 1. The van der Waals surface area contributed by atoms with E-state index in [-0.39, 0.29) is 16.8 Å². The summed E-state index contributed by atoms with van der Waals surface area (Å²) in [6.07, 6.45) is 0.474. The number of hydrogen-bond acceptors (Lipinski definition) is 4. The van der Waals surface area contributed by atoms with E-state index in [2.05, 4.69) is 5.32 Å². The Bertz CT molecular complexity index is 832. The van der Waals surface area contributed by atoms with Gasteiger partial charge >= 0.3 is 0 Å². The minimum atomic E-state index is -3.24. The van der Waals surface area contributed by atoms with Crippen LogP contribution in [0.2, 0.25) is 5.02 Å². The van der Waals surface area contributed by atoms with Crippen molar-refractivity contribution >= 4 is 27.3 Å². The zero-order valence-corrected chi connectivity index (χ0v) is 15.8. The largest absolute Gasteiger partial charge is 0.481 e. The maximum atomic E-state index is 12.3. The first-order valence-corrected chi connectivity index (χ1v) is 9.96. The SMILES string of the molecule is C[C@@H](Oc1ccc(Cl)cc1)C(=O)N[C@H](C)c1ccc(S(C)(=O)=O)cc1. The Labute approximate surface area is 152 Å². The van der Waals surface area contributed by atoms with E-state index in [9.17, 15) is 13.2 Å². The van der Waals surface area contributed by atoms with E-state index >= 15 is 0 Å². The van der Waals surface area contributed by atoms with Crippen LogP contribution in [-0.4, -0.2) is 26.7 Å². The summed E-state index contributed by atoms with van der Waals surface area (Å²) in [7, 11) is -3.24. The Kier molecular flexibility index (Phi) is 6.08. The Balaban J connectivity index is 1.97. The first kappa shape index (κ1) is 19.3. The van der Waals surface area contributed by atoms with Crippen molar-refractivity contribution in [1.29, 1.82) is 0 Å².